The molecule has 0 saturated carbocycles. The molecule has 1 aliphatic heterocycles. The van der Waals surface area contributed by atoms with E-state index in [0.29, 0.717) is 16.8 Å². The molecule has 3 aromatic rings. The second kappa shape index (κ2) is 8.99. The average Bonchev–Trinajstić information content (AvgIpc) is 3.20. The first-order valence-corrected chi connectivity index (χ1v) is 12.2. The fourth-order valence-electron chi connectivity index (χ4n) is 4.08. The summed E-state index contributed by atoms with van der Waals surface area (Å²) in [5.74, 6) is -0.207. The molecule has 0 bridgehead atoms. The number of amides is 1. The van der Waals surface area contributed by atoms with Crippen LogP contribution in [-0.4, -0.2) is 64.4 Å². The fourth-order valence-corrected chi connectivity index (χ4v) is 5.75. The highest BCUT2D eigenvalue weighted by Crippen LogP contribution is 2.26. The predicted octanol–water partition coefficient (Wildman–Crippen LogP) is 2.85. The number of nitro benzene ring substituents is 1. The summed E-state index contributed by atoms with van der Waals surface area (Å²) >= 11 is 0. The number of carbonyl (C=O) groups excluding carboxylic acids is 1. The largest absolute Gasteiger partial charge is 0.336 e. The summed E-state index contributed by atoms with van der Waals surface area (Å²) in [5.41, 5.74) is 3.25. The maximum atomic E-state index is 13.2. The number of hydrogen-bond donors (Lipinski definition) is 0. The van der Waals surface area contributed by atoms with E-state index in [4.69, 9.17) is 0 Å². The van der Waals surface area contributed by atoms with Gasteiger partial charge < -0.3 is 4.90 Å². The Bertz CT molecular complexity index is 1370. The molecule has 0 radical (unpaired) electrons. The molecule has 4 rings (SSSR count). The first-order valence-electron chi connectivity index (χ1n) is 10.8. The van der Waals surface area contributed by atoms with Crippen LogP contribution in [0.15, 0.2) is 53.6 Å². The Balaban J connectivity index is 1.51. The zero-order valence-electron chi connectivity index (χ0n) is 19.1. The number of sulfonamides is 1. The minimum absolute atomic E-state index is 0.0863. The number of hydrogen-bond acceptors (Lipinski definition) is 6. The molecule has 1 saturated heterocycles. The summed E-state index contributed by atoms with van der Waals surface area (Å²) in [5, 5.41) is 15.5. The summed E-state index contributed by atoms with van der Waals surface area (Å²) in [7, 11) is -3.93. The van der Waals surface area contributed by atoms with Crippen LogP contribution in [0.5, 0.6) is 0 Å². The van der Waals surface area contributed by atoms with Crippen LogP contribution in [-0.2, 0) is 10.0 Å². The molecule has 10 nitrogen and oxygen atoms in total. The Morgan fingerprint density at radius 3 is 2.32 bits per heavy atom. The number of benzene rings is 2. The molecule has 2 heterocycles. The fraction of sp³-hybridized carbons (Fsp3) is 0.304. The van der Waals surface area contributed by atoms with Gasteiger partial charge in [-0.05, 0) is 38.0 Å². The highest BCUT2D eigenvalue weighted by Gasteiger charge is 2.33. The van der Waals surface area contributed by atoms with Crippen LogP contribution in [0.1, 0.15) is 27.2 Å². The summed E-state index contributed by atoms with van der Waals surface area (Å²) in [6, 6.07) is 11.6. The van der Waals surface area contributed by atoms with Crippen molar-refractivity contribution in [3.8, 4) is 5.69 Å². The number of piperazine rings is 1. The molecule has 0 unspecified atom stereocenters. The van der Waals surface area contributed by atoms with Gasteiger partial charge in [-0.2, -0.15) is 9.40 Å². The Labute approximate surface area is 197 Å². The zero-order valence-corrected chi connectivity index (χ0v) is 19.9. The van der Waals surface area contributed by atoms with Gasteiger partial charge >= 0.3 is 0 Å². The van der Waals surface area contributed by atoms with Gasteiger partial charge in [-0.3, -0.25) is 14.9 Å². The molecular weight excluding hydrogens is 458 g/mol. The highest BCUT2D eigenvalue weighted by atomic mass is 32.2. The van der Waals surface area contributed by atoms with Crippen molar-refractivity contribution in [2.45, 2.75) is 25.7 Å². The predicted molar refractivity (Wildman–Crippen MR) is 126 cm³/mol. The van der Waals surface area contributed by atoms with E-state index >= 15 is 0 Å². The van der Waals surface area contributed by atoms with Crippen LogP contribution in [0.4, 0.5) is 5.69 Å². The number of aryl methyl sites for hydroxylation is 2. The molecular formula is C23H25N5O5S. The summed E-state index contributed by atoms with van der Waals surface area (Å²) in [6.45, 7) is 6.02. The molecule has 34 heavy (non-hydrogen) atoms. The molecule has 0 N–H and O–H groups in total. The van der Waals surface area contributed by atoms with Gasteiger partial charge in [-0.1, -0.05) is 24.3 Å². The lowest BCUT2D eigenvalue weighted by molar-refractivity contribution is -0.385. The third-order valence-electron chi connectivity index (χ3n) is 6.11. The van der Waals surface area contributed by atoms with Crippen molar-refractivity contribution in [1.82, 2.24) is 19.0 Å². The van der Waals surface area contributed by atoms with Gasteiger partial charge in [0, 0.05) is 38.3 Å². The molecule has 1 aromatic heterocycles. The number of nitro groups is 1. The lowest BCUT2D eigenvalue weighted by Gasteiger charge is -2.34. The second-order valence-corrected chi connectivity index (χ2v) is 10.2. The number of aromatic nitrogens is 2. The van der Waals surface area contributed by atoms with Gasteiger partial charge in [0.1, 0.15) is 0 Å². The van der Waals surface area contributed by atoms with Gasteiger partial charge in [0.15, 0.2) is 0 Å². The SMILES string of the molecule is Cc1ccccc1-n1ncc(C(=O)N2CCN(S(=O)(=O)c3cc([N+](=O)[O-])ccc3C)CC2)c1C. The van der Waals surface area contributed by atoms with E-state index in [2.05, 4.69) is 5.10 Å². The smallest absolute Gasteiger partial charge is 0.270 e. The summed E-state index contributed by atoms with van der Waals surface area (Å²) < 4.78 is 29.3. The number of nitrogens with zero attached hydrogens (tertiary/aromatic N) is 5. The Kier molecular flexibility index (Phi) is 6.24. The standard InChI is InChI=1S/C23H25N5O5S/c1-16-6-4-5-7-21(16)27-18(3)20(15-24-27)23(29)25-10-12-26(13-11-25)34(32,33)22-14-19(28(30)31)9-8-17(22)2/h4-9,14-15H,10-13H2,1-3H3. The maximum absolute atomic E-state index is 13.2. The van der Waals surface area contributed by atoms with Crippen LogP contribution < -0.4 is 0 Å². The van der Waals surface area contributed by atoms with Gasteiger partial charge in [0.05, 0.1) is 33.0 Å². The number of carbonyl (C=O) groups is 1. The van der Waals surface area contributed by atoms with Crippen LogP contribution in [0.2, 0.25) is 0 Å². The lowest BCUT2D eigenvalue weighted by Crippen LogP contribution is -2.50. The molecule has 0 atom stereocenters. The van der Waals surface area contributed by atoms with Crippen molar-refractivity contribution in [1.29, 1.82) is 0 Å². The molecule has 1 aliphatic rings. The van der Waals surface area contributed by atoms with E-state index in [1.165, 1.54) is 16.4 Å². The average molecular weight is 484 g/mol. The van der Waals surface area contributed by atoms with E-state index < -0.39 is 14.9 Å². The van der Waals surface area contributed by atoms with Crippen molar-refractivity contribution < 1.29 is 18.1 Å². The Morgan fingerprint density at radius 2 is 1.68 bits per heavy atom. The minimum atomic E-state index is -3.93. The lowest BCUT2D eigenvalue weighted by atomic mass is 10.2. The number of rotatable bonds is 5. The zero-order chi connectivity index (χ0) is 24.6. The Morgan fingerprint density at radius 1 is 1.00 bits per heavy atom. The van der Waals surface area contributed by atoms with Gasteiger partial charge in [0.25, 0.3) is 11.6 Å². The van der Waals surface area contributed by atoms with E-state index in [-0.39, 0.29) is 42.7 Å². The first-order chi connectivity index (χ1) is 16.1. The van der Waals surface area contributed by atoms with Crippen molar-refractivity contribution in [2.24, 2.45) is 0 Å². The molecule has 178 valence electrons. The third-order valence-corrected chi connectivity index (χ3v) is 8.15. The molecule has 0 spiro atoms. The molecule has 11 heteroatoms. The third kappa shape index (κ3) is 4.19. The molecule has 0 aliphatic carbocycles. The number of para-hydroxylation sites is 1. The maximum Gasteiger partial charge on any atom is 0.270 e. The van der Waals surface area contributed by atoms with E-state index in [1.54, 1.807) is 22.7 Å². The monoisotopic (exact) mass is 483 g/mol. The molecule has 1 fully saturated rings. The topological polar surface area (TPSA) is 119 Å². The van der Waals surface area contributed by atoms with E-state index in [1.807, 2.05) is 38.1 Å². The summed E-state index contributed by atoms with van der Waals surface area (Å²) in [6.07, 6.45) is 1.54. The van der Waals surface area contributed by atoms with E-state index in [0.717, 1.165) is 17.3 Å². The Hall–Kier alpha value is -3.57. The first kappa shape index (κ1) is 23.6. The van der Waals surface area contributed by atoms with Crippen molar-refractivity contribution >= 4 is 21.6 Å². The van der Waals surface area contributed by atoms with E-state index in [9.17, 15) is 23.3 Å². The van der Waals surface area contributed by atoms with Crippen LogP contribution in [0, 0.1) is 30.9 Å². The normalized spacial score (nSPS) is 14.9. The highest BCUT2D eigenvalue weighted by molar-refractivity contribution is 7.89. The van der Waals surface area contributed by atoms with Gasteiger partial charge in [-0.25, -0.2) is 13.1 Å². The van der Waals surface area contributed by atoms with Crippen molar-refractivity contribution in [3.05, 3.63) is 81.2 Å². The van der Waals surface area contributed by atoms with Crippen molar-refractivity contribution in [3.63, 3.8) is 0 Å². The van der Waals surface area contributed by atoms with Crippen LogP contribution in [0.25, 0.3) is 5.69 Å². The van der Waals surface area contributed by atoms with Crippen molar-refractivity contribution in [2.75, 3.05) is 26.2 Å². The van der Waals surface area contributed by atoms with Gasteiger partial charge in [0.2, 0.25) is 10.0 Å². The van der Waals surface area contributed by atoms with Gasteiger partial charge in [-0.15, -0.1) is 0 Å². The minimum Gasteiger partial charge on any atom is -0.336 e. The molecule has 1 amide bonds. The van der Waals surface area contributed by atoms with Crippen LogP contribution >= 0.6 is 0 Å². The molecule has 2 aromatic carbocycles. The number of non-ortho nitro benzene ring substituents is 1. The quantitative estimate of drug-likeness (QED) is 0.407. The summed E-state index contributed by atoms with van der Waals surface area (Å²) in [4.78, 5) is 25.2. The second-order valence-electron chi connectivity index (χ2n) is 8.25. The van der Waals surface area contributed by atoms with Crippen LogP contribution in [0.3, 0.4) is 0 Å².